The van der Waals surface area contributed by atoms with E-state index < -0.39 is 0 Å². The highest BCUT2D eigenvalue weighted by atomic mass is 15.3. The molecule has 4 heteroatoms. The minimum absolute atomic E-state index is 0.782. The SMILES string of the molecule is C=C1NC(=NC)c2ccc(C)cc2N1c1cccnc1C. The fourth-order valence-corrected chi connectivity index (χ4v) is 2.60. The maximum Gasteiger partial charge on any atom is 0.135 e. The second-order valence-electron chi connectivity index (χ2n) is 5.11. The van der Waals surface area contributed by atoms with Gasteiger partial charge in [-0.05, 0) is 43.7 Å². The molecule has 1 aliphatic heterocycles. The van der Waals surface area contributed by atoms with Crippen LogP contribution in [0.15, 0.2) is 53.9 Å². The molecular formula is C17H18N4. The molecule has 2 heterocycles. The zero-order chi connectivity index (χ0) is 15.0. The number of aromatic nitrogens is 1. The molecule has 2 aromatic rings. The summed E-state index contributed by atoms with van der Waals surface area (Å²) in [6.07, 6.45) is 1.80. The maximum atomic E-state index is 4.38. The normalized spacial score (nSPS) is 15.9. The van der Waals surface area contributed by atoms with Gasteiger partial charge in [-0.1, -0.05) is 12.6 Å². The van der Waals surface area contributed by atoms with Gasteiger partial charge in [0.15, 0.2) is 0 Å². The van der Waals surface area contributed by atoms with Crippen molar-refractivity contribution in [2.75, 3.05) is 11.9 Å². The Balaban J connectivity index is 2.25. The molecule has 4 nitrogen and oxygen atoms in total. The molecule has 1 N–H and O–H groups in total. The Labute approximate surface area is 124 Å². The zero-order valence-electron chi connectivity index (χ0n) is 12.5. The van der Waals surface area contributed by atoms with Gasteiger partial charge in [-0.3, -0.25) is 14.9 Å². The van der Waals surface area contributed by atoms with Gasteiger partial charge in [0.2, 0.25) is 0 Å². The van der Waals surface area contributed by atoms with Crippen LogP contribution >= 0.6 is 0 Å². The maximum absolute atomic E-state index is 4.38. The van der Waals surface area contributed by atoms with Gasteiger partial charge in [0.1, 0.15) is 11.7 Å². The molecule has 3 rings (SSSR count). The first kappa shape index (κ1) is 13.4. The number of hydrogen-bond acceptors (Lipinski definition) is 3. The average molecular weight is 278 g/mol. The van der Waals surface area contributed by atoms with Crippen LogP contribution in [0.2, 0.25) is 0 Å². The number of fused-ring (bicyclic) bond motifs is 1. The highest BCUT2D eigenvalue weighted by molar-refractivity contribution is 6.08. The second-order valence-corrected chi connectivity index (χ2v) is 5.11. The fourth-order valence-electron chi connectivity index (χ4n) is 2.60. The molecule has 0 unspecified atom stereocenters. The van der Waals surface area contributed by atoms with Crippen LogP contribution in [0.1, 0.15) is 16.8 Å². The summed E-state index contributed by atoms with van der Waals surface area (Å²) < 4.78 is 0. The monoisotopic (exact) mass is 278 g/mol. The quantitative estimate of drug-likeness (QED) is 0.870. The first-order valence-electron chi connectivity index (χ1n) is 6.87. The van der Waals surface area contributed by atoms with Crippen LogP contribution in [0.3, 0.4) is 0 Å². The van der Waals surface area contributed by atoms with Crippen LogP contribution in [0, 0.1) is 13.8 Å². The minimum atomic E-state index is 0.782. The number of aryl methyl sites for hydroxylation is 2. The Bertz CT molecular complexity index is 746. The summed E-state index contributed by atoms with van der Waals surface area (Å²) >= 11 is 0. The Morgan fingerprint density at radius 2 is 2.00 bits per heavy atom. The topological polar surface area (TPSA) is 40.5 Å². The molecule has 21 heavy (non-hydrogen) atoms. The van der Waals surface area contributed by atoms with Crippen LogP contribution in [0.25, 0.3) is 0 Å². The molecule has 0 spiro atoms. The number of aliphatic imine (C=N–C) groups is 1. The van der Waals surface area contributed by atoms with E-state index in [-0.39, 0.29) is 0 Å². The summed E-state index contributed by atoms with van der Waals surface area (Å²) in [4.78, 5) is 10.8. The largest absolute Gasteiger partial charge is 0.326 e. The van der Waals surface area contributed by atoms with E-state index in [0.29, 0.717) is 0 Å². The lowest BCUT2D eigenvalue weighted by Gasteiger charge is -2.35. The van der Waals surface area contributed by atoms with Crippen LogP contribution in [0.4, 0.5) is 11.4 Å². The summed E-state index contributed by atoms with van der Waals surface area (Å²) in [5.74, 6) is 1.62. The van der Waals surface area contributed by atoms with E-state index in [0.717, 1.165) is 34.3 Å². The van der Waals surface area contributed by atoms with E-state index in [9.17, 15) is 0 Å². The number of rotatable bonds is 1. The van der Waals surface area contributed by atoms with E-state index in [1.54, 1.807) is 13.2 Å². The van der Waals surface area contributed by atoms with Gasteiger partial charge in [0.05, 0.1) is 17.1 Å². The van der Waals surface area contributed by atoms with Gasteiger partial charge in [-0.15, -0.1) is 0 Å². The number of hydrogen-bond donors (Lipinski definition) is 1. The Morgan fingerprint density at radius 1 is 1.19 bits per heavy atom. The lowest BCUT2D eigenvalue weighted by molar-refractivity contribution is 0.974. The first-order valence-corrected chi connectivity index (χ1v) is 6.87. The summed E-state index contributed by atoms with van der Waals surface area (Å²) in [5.41, 5.74) is 5.33. The summed E-state index contributed by atoms with van der Waals surface area (Å²) in [5, 5.41) is 3.27. The van der Waals surface area contributed by atoms with Crippen LogP contribution < -0.4 is 10.2 Å². The van der Waals surface area contributed by atoms with E-state index in [1.807, 2.05) is 13.0 Å². The number of anilines is 2. The molecule has 0 bridgehead atoms. The van der Waals surface area contributed by atoms with E-state index in [2.05, 4.69) is 58.0 Å². The number of pyridine rings is 1. The van der Waals surface area contributed by atoms with Gasteiger partial charge in [0, 0.05) is 18.8 Å². The van der Waals surface area contributed by atoms with Crippen molar-refractivity contribution in [2.24, 2.45) is 4.99 Å². The number of nitrogens with one attached hydrogen (secondary N) is 1. The molecule has 0 amide bonds. The summed E-state index contributed by atoms with van der Waals surface area (Å²) in [6.45, 7) is 8.23. The standard InChI is InChI=1S/C17H18N4/c1-11-7-8-14-16(10-11)21(13(3)20-17(14)18-4)15-6-5-9-19-12(15)2/h5-10H,3H2,1-2,4H3,(H,18,20). The van der Waals surface area contributed by atoms with Gasteiger partial charge in [-0.25, -0.2) is 0 Å². The van der Waals surface area contributed by atoms with Crippen molar-refractivity contribution in [3.63, 3.8) is 0 Å². The van der Waals surface area contributed by atoms with Crippen LogP contribution in [-0.2, 0) is 0 Å². The summed E-state index contributed by atoms with van der Waals surface area (Å²) in [7, 11) is 1.78. The molecule has 0 saturated carbocycles. The predicted molar refractivity (Wildman–Crippen MR) is 87.0 cm³/mol. The van der Waals surface area contributed by atoms with Gasteiger partial charge in [-0.2, -0.15) is 0 Å². The Kier molecular flexibility index (Phi) is 3.22. The fraction of sp³-hybridized carbons (Fsp3) is 0.176. The zero-order valence-corrected chi connectivity index (χ0v) is 12.5. The van der Waals surface area contributed by atoms with Crippen molar-refractivity contribution in [1.29, 1.82) is 0 Å². The van der Waals surface area contributed by atoms with Crippen molar-refractivity contribution >= 4 is 17.2 Å². The van der Waals surface area contributed by atoms with Crippen molar-refractivity contribution in [3.8, 4) is 0 Å². The van der Waals surface area contributed by atoms with Crippen molar-refractivity contribution < 1.29 is 0 Å². The predicted octanol–water partition coefficient (Wildman–Crippen LogP) is 3.29. The highest BCUT2D eigenvalue weighted by Gasteiger charge is 2.26. The Morgan fingerprint density at radius 3 is 2.71 bits per heavy atom. The molecule has 0 atom stereocenters. The lowest BCUT2D eigenvalue weighted by atomic mass is 10.0. The minimum Gasteiger partial charge on any atom is -0.326 e. The molecule has 0 radical (unpaired) electrons. The summed E-state index contributed by atoms with van der Waals surface area (Å²) in [6, 6.07) is 10.3. The second kappa shape index (κ2) is 5.05. The molecule has 106 valence electrons. The molecule has 0 saturated heterocycles. The average Bonchev–Trinajstić information content (AvgIpc) is 2.47. The third kappa shape index (κ3) is 2.18. The van der Waals surface area contributed by atoms with Gasteiger partial charge >= 0.3 is 0 Å². The van der Waals surface area contributed by atoms with Crippen molar-refractivity contribution in [1.82, 2.24) is 10.3 Å². The highest BCUT2D eigenvalue weighted by Crippen LogP contribution is 2.36. The van der Waals surface area contributed by atoms with Gasteiger partial charge < -0.3 is 5.32 Å². The van der Waals surface area contributed by atoms with Crippen LogP contribution in [0.5, 0.6) is 0 Å². The van der Waals surface area contributed by atoms with Crippen LogP contribution in [-0.4, -0.2) is 17.9 Å². The molecular weight excluding hydrogens is 260 g/mol. The molecule has 1 aliphatic rings. The third-order valence-corrected chi connectivity index (χ3v) is 3.63. The van der Waals surface area contributed by atoms with E-state index in [1.165, 1.54) is 5.56 Å². The Hall–Kier alpha value is -2.62. The molecule has 1 aromatic carbocycles. The number of amidine groups is 1. The smallest absolute Gasteiger partial charge is 0.135 e. The molecule has 1 aromatic heterocycles. The van der Waals surface area contributed by atoms with E-state index >= 15 is 0 Å². The third-order valence-electron chi connectivity index (χ3n) is 3.63. The van der Waals surface area contributed by atoms with E-state index in [4.69, 9.17) is 0 Å². The molecule has 0 fully saturated rings. The number of nitrogens with zero attached hydrogens (tertiary/aromatic N) is 3. The first-order chi connectivity index (χ1) is 10.1. The lowest BCUT2D eigenvalue weighted by Crippen LogP contribution is -2.39. The number of benzene rings is 1. The van der Waals surface area contributed by atoms with Crippen molar-refractivity contribution in [3.05, 3.63) is 65.7 Å². The van der Waals surface area contributed by atoms with Crippen molar-refractivity contribution in [2.45, 2.75) is 13.8 Å². The molecule has 0 aliphatic carbocycles. The van der Waals surface area contributed by atoms with Gasteiger partial charge in [0.25, 0.3) is 0 Å².